The Bertz CT molecular complexity index is 563. The van der Waals surface area contributed by atoms with Crippen molar-refractivity contribution < 1.29 is 4.42 Å². The second-order valence-corrected chi connectivity index (χ2v) is 6.15. The number of nitrogens with one attached hydrogen (secondary N) is 1. The van der Waals surface area contributed by atoms with Crippen molar-refractivity contribution in [3.63, 3.8) is 0 Å². The normalized spacial score (nSPS) is 25.1. The lowest BCUT2D eigenvalue weighted by Gasteiger charge is -2.37. The second kappa shape index (κ2) is 6.03. The molecule has 3 heterocycles. The largest absolute Gasteiger partial charge is 0.467 e. The Balaban J connectivity index is 1.82. The standard InChI is InChI=1S/C16H24N4O/c1-12-11-19(2)8-6-13(12)18-15(14-5-4-10-21-14)16-17-7-9-20(16)3/h4-5,7,9-10,12-13,15,18H,6,8,11H2,1-3H3. The lowest BCUT2D eigenvalue weighted by atomic mass is 9.93. The van der Waals surface area contributed by atoms with Crippen LogP contribution in [0.25, 0.3) is 0 Å². The van der Waals surface area contributed by atoms with Crippen LogP contribution >= 0.6 is 0 Å². The van der Waals surface area contributed by atoms with Crippen LogP contribution in [-0.4, -0.2) is 40.6 Å². The minimum absolute atomic E-state index is 0.0101. The van der Waals surface area contributed by atoms with Gasteiger partial charge in [-0.1, -0.05) is 6.92 Å². The Morgan fingerprint density at radius 2 is 2.29 bits per heavy atom. The van der Waals surface area contributed by atoms with Crippen molar-refractivity contribution in [3.8, 4) is 0 Å². The summed E-state index contributed by atoms with van der Waals surface area (Å²) in [5.41, 5.74) is 0. The molecule has 21 heavy (non-hydrogen) atoms. The molecule has 1 saturated heterocycles. The fourth-order valence-electron chi connectivity index (χ4n) is 3.21. The molecule has 114 valence electrons. The Hall–Kier alpha value is -1.59. The molecule has 0 aromatic carbocycles. The Labute approximate surface area is 126 Å². The van der Waals surface area contributed by atoms with E-state index < -0.39 is 0 Å². The highest BCUT2D eigenvalue weighted by Crippen LogP contribution is 2.25. The molecule has 3 unspecified atom stereocenters. The molecule has 5 heteroatoms. The van der Waals surface area contributed by atoms with Crippen LogP contribution in [0, 0.1) is 5.92 Å². The van der Waals surface area contributed by atoms with Crippen LogP contribution in [-0.2, 0) is 7.05 Å². The lowest BCUT2D eigenvalue weighted by molar-refractivity contribution is 0.165. The Kier molecular flexibility index (Phi) is 4.12. The van der Waals surface area contributed by atoms with Gasteiger partial charge in [0.1, 0.15) is 17.6 Å². The number of imidazole rings is 1. The third kappa shape index (κ3) is 3.04. The summed E-state index contributed by atoms with van der Waals surface area (Å²) in [5, 5.41) is 3.77. The third-order valence-electron chi connectivity index (χ3n) is 4.43. The lowest BCUT2D eigenvalue weighted by Crippen LogP contribution is -2.48. The van der Waals surface area contributed by atoms with Crippen LogP contribution in [0.2, 0.25) is 0 Å². The maximum atomic E-state index is 5.65. The molecule has 1 aliphatic rings. The van der Waals surface area contributed by atoms with Gasteiger partial charge in [-0.2, -0.15) is 0 Å². The Morgan fingerprint density at radius 1 is 1.43 bits per heavy atom. The highest BCUT2D eigenvalue weighted by Gasteiger charge is 2.29. The van der Waals surface area contributed by atoms with Crippen molar-refractivity contribution in [2.45, 2.75) is 25.4 Å². The highest BCUT2D eigenvalue weighted by atomic mass is 16.3. The predicted octanol–water partition coefficient (Wildman–Crippen LogP) is 2.03. The maximum absolute atomic E-state index is 5.65. The van der Waals surface area contributed by atoms with Gasteiger partial charge in [0.15, 0.2) is 0 Å². The van der Waals surface area contributed by atoms with Crippen molar-refractivity contribution in [3.05, 3.63) is 42.4 Å². The molecule has 0 saturated carbocycles. The van der Waals surface area contributed by atoms with Crippen LogP contribution in [0.5, 0.6) is 0 Å². The fourth-order valence-corrected chi connectivity index (χ4v) is 3.21. The smallest absolute Gasteiger partial charge is 0.133 e. The zero-order valence-electron chi connectivity index (χ0n) is 13.0. The summed E-state index contributed by atoms with van der Waals surface area (Å²) in [6.45, 7) is 4.57. The average Bonchev–Trinajstić information content (AvgIpc) is 3.10. The van der Waals surface area contributed by atoms with Gasteiger partial charge in [-0.15, -0.1) is 0 Å². The van der Waals surface area contributed by atoms with E-state index in [1.807, 2.05) is 31.6 Å². The predicted molar refractivity (Wildman–Crippen MR) is 82.0 cm³/mol. The number of likely N-dealkylation sites (tertiary alicyclic amines) is 1. The zero-order valence-corrected chi connectivity index (χ0v) is 13.0. The first-order chi connectivity index (χ1) is 10.1. The second-order valence-electron chi connectivity index (χ2n) is 6.15. The van der Waals surface area contributed by atoms with E-state index in [0.29, 0.717) is 12.0 Å². The third-order valence-corrected chi connectivity index (χ3v) is 4.43. The number of rotatable bonds is 4. The van der Waals surface area contributed by atoms with E-state index in [9.17, 15) is 0 Å². The van der Waals surface area contributed by atoms with Gasteiger partial charge in [-0.05, 0) is 38.1 Å². The molecule has 2 aromatic rings. The molecule has 1 fully saturated rings. The first-order valence-electron chi connectivity index (χ1n) is 7.60. The summed E-state index contributed by atoms with van der Waals surface area (Å²) < 4.78 is 7.70. The molecule has 3 atom stereocenters. The fraction of sp³-hybridized carbons (Fsp3) is 0.562. The van der Waals surface area contributed by atoms with Crippen molar-refractivity contribution in [2.24, 2.45) is 13.0 Å². The van der Waals surface area contributed by atoms with Crippen molar-refractivity contribution in [1.82, 2.24) is 19.8 Å². The van der Waals surface area contributed by atoms with Crippen molar-refractivity contribution in [2.75, 3.05) is 20.1 Å². The molecular formula is C16H24N4O. The molecule has 3 rings (SSSR count). The molecular weight excluding hydrogens is 264 g/mol. The molecule has 0 spiro atoms. The summed E-state index contributed by atoms with van der Waals surface area (Å²) in [6.07, 6.45) is 6.69. The highest BCUT2D eigenvalue weighted by molar-refractivity contribution is 5.16. The van der Waals surface area contributed by atoms with Gasteiger partial charge in [0.05, 0.1) is 6.26 Å². The van der Waals surface area contributed by atoms with Gasteiger partial charge in [-0.25, -0.2) is 4.98 Å². The van der Waals surface area contributed by atoms with Crippen LogP contribution in [0.15, 0.2) is 35.2 Å². The van der Waals surface area contributed by atoms with Gasteiger partial charge in [0, 0.05) is 32.0 Å². The molecule has 1 aliphatic heterocycles. The summed E-state index contributed by atoms with van der Waals surface area (Å²) >= 11 is 0. The number of hydrogen-bond acceptors (Lipinski definition) is 4. The van der Waals surface area contributed by atoms with E-state index in [1.54, 1.807) is 6.26 Å². The van der Waals surface area contributed by atoms with Gasteiger partial charge in [0.2, 0.25) is 0 Å². The van der Waals surface area contributed by atoms with Gasteiger partial charge < -0.3 is 13.9 Å². The van der Waals surface area contributed by atoms with E-state index in [-0.39, 0.29) is 6.04 Å². The summed E-state index contributed by atoms with van der Waals surface area (Å²) in [5.74, 6) is 2.54. The number of hydrogen-bond donors (Lipinski definition) is 1. The minimum Gasteiger partial charge on any atom is -0.467 e. The number of furan rings is 1. The summed E-state index contributed by atoms with van der Waals surface area (Å²) in [4.78, 5) is 6.90. The molecule has 0 aliphatic carbocycles. The number of piperidine rings is 1. The molecule has 0 bridgehead atoms. The molecule has 2 aromatic heterocycles. The van der Waals surface area contributed by atoms with Gasteiger partial charge >= 0.3 is 0 Å². The summed E-state index contributed by atoms with van der Waals surface area (Å²) in [6, 6.07) is 4.45. The Morgan fingerprint density at radius 3 is 2.90 bits per heavy atom. The van der Waals surface area contributed by atoms with Crippen molar-refractivity contribution in [1.29, 1.82) is 0 Å². The quantitative estimate of drug-likeness (QED) is 0.935. The average molecular weight is 288 g/mol. The topological polar surface area (TPSA) is 46.2 Å². The van der Waals surface area contributed by atoms with Crippen LogP contribution < -0.4 is 5.32 Å². The monoisotopic (exact) mass is 288 g/mol. The van der Waals surface area contributed by atoms with Crippen LogP contribution in [0.4, 0.5) is 0 Å². The molecule has 5 nitrogen and oxygen atoms in total. The van der Waals surface area contributed by atoms with E-state index in [0.717, 1.165) is 31.1 Å². The minimum atomic E-state index is 0.0101. The number of nitrogens with zero attached hydrogens (tertiary/aromatic N) is 3. The van der Waals surface area contributed by atoms with Gasteiger partial charge in [-0.3, -0.25) is 5.32 Å². The summed E-state index contributed by atoms with van der Waals surface area (Å²) in [7, 11) is 4.22. The number of aryl methyl sites for hydroxylation is 1. The van der Waals surface area contributed by atoms with E-state index in [2.05, 4.69) is 33.7 Å². The van der Waals surface area contributed by atoms with Crippen LogP contribution in [0.3, 0.4) is 0 Å². The zero-order chi connectivity index (χ0) is 14.8. The van der Waals surface area contributed by atoms with Gasteiger partial charge in [0.25, 0.3) is 0 Å². The SMILES string of the molecule is CC1CN(C)CCC1NC(c1ccco1)c1nccn1C. The first-order valence-corrected chi connectivity index (χ1v) is 7.60. The van der Waals surface area contributed by atoms with Crippen molar-refractivity contribution >= 4 is 0 Å². The van der Waals surface area contributed by atoms with Crippen LogP contribution in [0.1, 0.15) is 31.0 Å². The number of aromatic nitrogens is 2. The molecule has 1 N–H and O–H groups in total. The first kappa shape index (κ1) is 14.4. The molecule has 0 radical (unpaired) electrons. The van der Waals surface area contributed by atoms with E-state index in [1.165, 1.54) is 0 Å². The maximum Gasteiger partial charge on any atom is 0.133 e. The van der Waals surface area contributed by atoms with E-state index >= 15 is 0 Å². The van der Waals surface area contributed by atoms with E-state index in [4.69, 9.17) is 4.42 Å². The molecule has 0 amide bonds.